The van der Waals surface area contributed by atoms with E-state index in [9.17, 15) is 0 Å². The van der Waals surface area contributed by atoms with Crippen molar-refractivity contribution in [3.63, 3.8) is 0 Å². The summed E-state index contributed by atoms with van der Waals surface area (Å²) in [6, 6.07) is 0. The van der Waals surface area contributed by atoms with Gasteiger partial charge in [0.15, 0.2) is 0 Å². The minimum absolute atomic E-state index is 0. The third-order valence-electron chi connectivity index (χ3n) is 0. The average molecular weight is 166 g/mol. The predicted octanol–water partition coefficient (Wildman–Crippen LogP) is -1.46. The van der Waals surface area contributed by atoms with Crippen molar-refractivity contribution in [2.75, 3.05) is 0 Å². The van der Waals surface area contributed by atoms with Crippen LogP contribution < -0.4 is 0 Å². The van der Waals surface area contributed by atoms with Crippen molar-refractivity contribution in [2.24, 2.45) is 0 Å². The molecule has 0 aliphatic carbocycles. The van der Waals surface area contributed by atoms with Gasteiger partial charge in [0, 0.05) is 0 Å². The second-order valence-corrected chi connectivity index (χ2v) is 0.283. The van der Waals surface area contributed by atoms with Gasteiger partial charge in [-0.2, -0.15) is 0 Å². The van der Waals surface area contributed by atoms with Crippen LogP contribution in [0.2, 0.25) is 0 Å². The summed E-state index contributed by atoms with van der Waals surface area (Å²) in [5, 5.41) is 13.9. The number of carbonyl (C=O) groups is 1. The van der Waals surface area contributed by atoms with Crippen LogP contribution in [0.5, 0.6) is 0 Å². The maximum absolute atomic E-state index is 8.56. The molecule has 0 aromatic heterocycles. The first kappa shape index (κ1) is 23.3. The van der Waals surface area contributed by atoms with Gasteiger partial charge in [0.1, 0.15) is 0 Å². The van der Waals surface area contributed by atoms with Crippen molar-refractivity contribution < 1.29 is 19.7 Å². The first-order valence-corrected chi connectivity index (χ1v) is 0.651. The van der Waals surface area contributed by atoms with Gasteiger partial charge in [0.25, 0.3) is 0 Å². The van der Waals surface area contributed by atoms with E-state index in [0.29, 0.717) is 0 Å². The van der Waals surface area contributed by atoms with Crippen molar-refractivity contribution in [3.8, 4) is 0 Å². The van der Waals surface area contributed by atoms with E-state index in [1.54, 1.807) is 0 Å². The van der Waals surface area contributed by atoms with Gasteiger partial charge < -0.3 is 10.2 Å². The number of hydrogen-bond donors (Lipinski definition) is 2. The van der Waals surface area contributed by atoms with Crippen molar-refractivity contribution >= 4 is 81.6 Å². The Hall–Kier alpha value is 1.72. The molecule has 0 aliphatic heterocycles. The SMILES string of the molecule is F.O=C(O)O.[CaH2].[CaH2]. The van der Waals surface area contributed by atoms with Gasteiger partial charge in [0.2, 0.25) is 0 Å². The van der Waals surface area contributed by atoms with Gasteiger partial charge in [0.05, 0.1) is 0 Å². The van der Waals surface area contributed by atoms with Crippen molar-refractivity contribution in [3.05, 3.63) is 0 Å². The molecule has 40 valence electrons. The number of carboxylic acid groups (broad SMARTS) is 2. The summed E-state index contributed by atoms with van der Waals surface area (Å²) in [6.07, 6.45) is -1.83. The van der Waals surface area contributed by atoms with Crippen molar-refractivity contribution in [1.29, 1.82) is 0 Å². The fraction of sp³-hybridized carbons (Fsp3) is 0. The fourth-order valence-electron chi connectivity index (χ4n) is 0. The molecule has 0 aromatic carbocycles. The first-order valence-electron chi connectivity index (χ1n) is 0.651. The van der Waals surface area contributed by atoms with E-state index < -0.39 is 6.16 Å². The molecule has 0 saturated heterocycles. The quantitative estimate of drug-likeness (QED) is 0.432. The molecule has 0 bridgehead atoms. The topological polar surface area (TPSA) is 57.5 Å². The third kappa shape index (κ3) is 85.4. The molecule has 0 aromatic rings. The molecule has 0 atom stereocenters. The van der Waals surface area contributed by atoms with Gasteiger partial charge in [-0.15, -0.1) is 0 Å². The van der Waals surface area contributed by atoms with Crippen LogP contribution in [-0.4, -0.2) is 91.8 Å². The molecule has 6 heteroatoms. The normalized spacial score (nSPS) is 3.43. The van der Waals surface area contributed by atoms with Gasteiger partial charge in [-0.05, 0) is 0 Å². The van der Waals surface area contributed by atoms with E-state index >= 15 is 0 Å². The summed E-state index contributed by atoms with van der Waals surface area (Å²) in [5.41, 5.74) is 0. The van der Waals surface area contributed by atoms with E-state index in [1.807, 2.05) is 0 Å². The van der Waals surface area contributed by atoms with Crippen LogP contribution in [-0.2, 0) is 0 Å². The van der Waals surface area contributed by atoms with Crippen LogP contribution in [0.25, 0.3) is 0 Å². The molecule has 2 N–H and O–H groups in total. The van der Waals surface area contributed by atoms with Gasteiger partial charge in [-0.25, -0.2) is 4.79 Å². The van der Waals surface area contributed by atoms with Crippen LogP contribution in [0.1, 0.15) is 0 Å². The second-order valence-electron chi connectivity index (χ2n) is 0.283. The Morgan fingerprint density at radius 1 is 1.14 bits per heavy atom. The molecule has 7 heavy (non-hydrogen) atoms. The molecular weight excluding hydrogens is 159 g/mol. The average Bonchev–Trinajstić information content (AvgIpc) is 0.811. The Bertz CT molecular complexity index is 35.9. The molecule has 0 saturated carbocycles. The molecule has 0 fully saturated rings. The zero-order valence-electron chi connectivity index (χ0n) is 2.21. The molecule has 0 aliphatic rings. The molecule has 0 amide bonds. The predicted molar refractivity (Wildman–Crippen MR) is 30.2 cm³/mol. The summed E-state index contributed by atoms with van der Waals surface area (Å²) in [6.45, 7) is 0. The molecule has 0 unspecified atom stereocenters. The van der Waals surface area contributed by atoms with E-state index in [-0.39, 0.29) is 80.2 Å². The number of hydrogen-bond acceptors (Lipinski definition) is 1. The summed E-state index contributed by atoms with van der Waals surface area (Å²) >= 11 is 0. The first-order chi connectivity index (χ1) is 1.73. The van der Waals surface area contributed by atoms with Crippen LogP contribution in [0.3, 0.4) is 0 Å². The molecule has 3 nitrogen and oxygen atoms in total. The van der Waals surface area contributed by atoms with E-state index in [0.717, 1.165) is 0 Å². The van der Waals surface area contributed by atoms with E-state index in [1.165, 1.54) is 0 Å². The van der Waals surface area contributed by atoms with Crippen molar-refractivity contribution in [1.82, 2.24) is 0 Å². The second kappa shape index (κ2) is 15.6. The maximum atomic E-state index is 8.56. The Morgan fingerprint density at radius 2 is 1.14 bits per heavy atom. The van der Waals surface area contributed by atoms with E-state index in [4.69, 9.17) is 15.0 Å². The Labute approximate surface area is 99.4 Å². The Kier molecular flexibility index (Phi) is 52.1. The van der Waals surface area contributed by atoms with Crippen LogP contribution in [0.4, 0.5) is 9.50 Å². The molecular formula is CH7Ca2FO3. The van der Waals surface area contributed by atoms with Gasteiger partial charge >= 0.3 is 81.6 Å². The monoisotopic (exact) mass is 166 g/mol. The molecule has 0 rings (SSSR count). The van der Waals surface area contributed by atoms with E-state index in [2.05, 4.69) is 0 Å². The summed E-state index contributed by atoms with van der Waals surface area (Å²) in [4.78, 5) is 8.56. The summed E-state index contributed by atoms with van der Waals surface area (Å²) < 4.78 is 0. The fourth-order valence-corrected chi connectivity index (χ4v) is 0. The molecule has 0 radical (unpaired) electrons. The summed E-state index contributed by atoms with van der Waals surface area (Å²) in [7, 11) is 0. The van der Waals surface area contributed by atoms with Gasteiger partial charge in [-0.1, -0.05) is 0 Å². The Balaban J connectivity index is -0.0000000150. The minimum atomic E-state index is -1.83. The standard InChI is InChI=1S/CH2O3.2Ca.FH.4H/c2-1(3)4;;;;;;;/h(H2,2,3,4);;;1H;;;;. The molecule has 0 heterocycles. The zero-order valence-corrected chi connectivity index (χ0v) is 2.21. The van der Waals surface area contributed by atoms with Crippen molar-refractivity contribution in [2.45, 2.75) is 0 Å². The number of halogens is 1. The number of rotatable bonds is 0. The van der Waals surface area contributed by atoms with Crippen LogP contribution in [0.15, 0.2) is 0 Å². The third-order valence-corrected chi connectivity index (χ3v) is 0. The zero-order chi connectivity index (χ0) is 3.58. The Morgan fingerprint density at radius 3 is 1.14 bits per heavy atom. The van der Waals surface area contributed by atoms with Gasteiger partial charge in [-0.3, -0.25) is 4.70 Å². The van der Waals surface area contributed by atoms with Crippen LogP contribution in [0, 0.1) is 0 Å². The van der Waals surface area contributed by atoms with Crippen LogP contribution >= 0.6 is 0 Å². The molecule has 0 spiro atoms. The summed E-state index contributed by atoms with van der Waals surface area (Å²) in [5.74, 6) is 0.